The number of thioether (sulfide) groups is 1. The maximum atomic E-state index is 13.0. The molecule has 0 radical (unpaired) electrons. The van der Waals surface area contributed by atoms with Crippen molar-refractivity contribution in [2.24, 2.45) is 10.9 Å². The van der Waals surface area contributed by atoms with Gasteiger partial charge in [0.2, 0.25) is 0 Å². The molecule has 2 rings (SSSR count). The minimum Gasteiger partial charge on any atom is -0.347 e. The third-order valence-electron chi connectivity index (χ3n) is 4.02. The van der Waals surface area contributed by atoms with Gasteiger partial charge in [-0.3, -0.25) is 0 Å². The fourth-order valence-electron chi connectivity index (χ4n) is 2.81. The molecule has 1 unspecified atom stereocenters. The molecule has 1 aromatic rings. The molecular formula is C18H24ClF3N2S. The van der Waals surface area contributed by atoms with Crippen molar-refractivity contribution >= 4 is 34.2 Å². The first kappa shape index (κ1) is 20.4. The van der Waals surface area contributed by atoms with Crippen molar-refractivity contribution in [1.29, 1.82) is 0 Å². The summed E-state index contributed by atoms with van der Waals surface area (Å²) < 4.78 is 39.1. The normalized spacial score (nSPS) is 20.1. The number of hydrogen-bond acceptors (Lipinski definition) is 2. The van der Waals surface area contributed by atoms with Crippen molar-refractivity contribution in [2.45, 2.75) is 52.3 Å². The van der Waals surface area contributed by atoms with Crippen molar-refractivity contribution in [2.75, 3.05) is 12.3 Å². The fraction of sp³-hybridized carbons (Fsp3) is 0.611. The highest BCUT2D eigenvalue weighted by Crippen LogP contribution is 2.38. The first-order valence-corrected chi connectivity index (χ1v) is 9.93. The molecule has 0 saturated carbocycles. The Morgan fingerprint density at radius 1 is 1.36 bits per heavy atom. The second-order valence-electron chi connectivity index (χ2n) is 6.71. The Balaban J connectivity index is 2.29. The van der Waals surface area contributed by atoms with Crippen LogP contribution in [0.4, 0.5) is 18.9 Å². The lowest BCUT2D eigenvalue weighted by Gasteiger charge is -2.27. The lowest BCUT2D eigenvalue weighted by Crippen LogP contribution is -2.36. The Kier molecular flexibility index (Phi) is 7.09. The smallest absolute Gasteiger partial charge is 0.347 e. The molecule has 0 spiro atoms. The summed E-state index contributed by atoms with van der Waals surface area (Å²) >= 11 is 7.32. The topological polar surface area (TPSA) is 15.6 Å². The van der Waals surface area contributed by atoms with E-state index >= 15 is 0 Å². The van der Waals surface area contributed by atoms with Crippen LogP contribution in [-0.4, -0.2) is 28.4 Å². The second kappa shape index (κ2) is 8.67. The summed E-state index contributed by atoms with van der Waals surface area (Å²) in [5, 5.41) is 0.514. The van der Waals surface area contributed by atoms with E-state index < -0.39 is 11.7 Å². The molecule has 1 aliphatic heterocycles. The largest absolute Gasteiger partial charge is 0.417 e. The van der Waals surface area contributed by atoms with Gasteiger partial charge in [0.1, 0.15) is 0 Å². The van der Waals surface area contributed by atoms with Gasteiger partial charge >= 0.3 is 6.18 Å². The van der Waals surface area contributed by atoms with Crippen molar-refractivity contribution in [3.05, 3.63) is 28.8 Å². The van der Waals surface area contributed by atoms with Crippen LogP contribution >= 0.6 is 23.4 Å². The van der Waals surface area contributed by atoms with E-state index in [0.29, 0.717) is 17.6 Å². The number of nitrogens with zero attached hydrogens (tertiary/aromatic N) is 2. The van der Waals surface area contributed by atoms with Crippen LogP contribution in [-0.2, 0) is 6.18 Å². The summed E-state index contributed by atoms with van der Waals surface area (Å²) in [6.07, 6.45) is -1.11. The number of rotatable bonds is 6. The summed E-state index contributed by atoms with van der Waals surface area (Å²) in [5.41, 5.74) is -0.541. The summed E-state index contributed by atoms with van der Waals surface area (Å²) in [5.74, 6) is 1.40. The molecule has 0 bridgehead atoms. The quantitative estimate of drug-likeness (QED) is 0.541. The van der Waals surface area contributed by atoms with E-state index in [1.165, 1.54) is 12.1 Å². The summed E-state index contributed by atoms with van der Waals surface area (Å²) in [4.78, 5) is 6.77. The van der Waals surface area contributed by atoms with Crippen molar-refractivity contribution in [1.82, 2.24) is 4.90 Å². The minimum absolute atomic E-state index is 0.295. The molecule has 1 fully saturated rings. The van der Waals surface area contributed by atoms with Gasteiger partial charge in [0.05, 0.1) is 16.3 Å². The Morgan fingerprint density at radius 2 is 2.08 bits per heavy atom. The molecule has 1 saturated heterocycles. The molecule has 0 aromatic heterocycles. The van der Waals surface area contributed by atoms with Gasteiger partial charge in [-0.1, -0.05) is 57.0 Å². The van der Waals surface area contributed by atoms with Gasteiger partial charge < -0.3 is 4.90 Å². The standard InChI is InChI=1S/C18H24ClF3N2S/c1-4-5-6-14-11-25-17(24(14)10-12(2)3)23-13-7-8-16(19)15(9-13)18(20,21)22/h7-9,12,14H,4-6,10-11H2,1-3H3. The number of benzene rings is 1. The van der Waals surface area contributed by atoms with Crippen molar-refractivity contribution < 1.29 is 13.2 Å². The van der Waals surface area contributed by atoms with Gasteiger partial charge in [0.25, 0.3) is 0 Å². The van der Waals surface area contributed by atoms with Crippen LogP contribution in [0.2, 0.25) is 5.02 Å². The van der Waals surface area contributed by atoms with Gasteiger partial charge in [0.15, 0.2) is 5.17 Å². The number of aliphatic imine (C=N–C) groups is 1. The van der Waals surface area contributed by atoms with E-state index in [-0.39, 0.29) is 5.02 Å². The fourth-order valence-corrected chi connectivity index (χ4v) is 4.28. The van der Waals surface area contributed by atoms with Crippen LogP contribution in [0.1, 0.15) is 45.6 Å². The lowest BCUT2D eigenvalue weighted by molar-refractivity contribution is -0.137. The number of amidine groups is 1. The zero-order chi connectivity index (χ0) is 18.6. The average molecular weight is 393 g/mol. The zero-order valence-corrected chi connectivity index (χ0v) is 16.3. The molecule has 1 heterocycles. The van der Waals surface area contributed by atoms with Gasteiger partial charge in [0, 0.05) is 18.3 Å². The number of unbranched alkanes of at least 4 members (excludes halogenated alkanes) is 1. The highest BCUT2D eigenvalue weighted by atomic mass is 35.5. The van der Waals surface area contributed by atoms with Crippen molar-refractivity contribution in [3.63, 3.8) is 0 Å². The molecule has 1 atom stereocenters. The number of halogens is 4. The van der Waals surface area contributed by atoms with Crippen LogP contribution in [0, 0.1) is 5.92 Å². The lowest BCUT2D eigenvalue weighted by atomic mass is 10.1. The molecule has 0 N–H and O–H groups in total. The van der Waals surface area contributed by atoms with Crippen LogP contribution in [0.15, 0.2) is 23.2 Å². The minimum atomic E-state index is -4.47. The van der Waals surface area contributed by atoms with E-state index in [9.17, 15) is 13.2 Å². The van der Waals surface area contributed by atoms with E-state index in [1.54, 1.807) is 11.8 Å². The van der Waals surface area contributed by atoms with Gasteiger partial charge in [-0.25, -0.2) is 4.99 Å². The van der Waals surface area contributed by atoms with E-state index in [1.807, 2.05) is 0 Å². The summed E-state index contributed by atoms with van der Waals surface area (Å²) in [7, 11) is 0. The van der Waals surface area contributed by atoms with Crippen molar-refractivity contribution in [3.8, 4) is 0 Å². The molecule has 1 aromatic carbocycles. The van der Waals surface area contributed by atoms with Gasteiger partial charge in [-0.05, 0) is 30.5 Å². The number of alkyl halides is 3. The Hall–Kier alpha value is -0.880. The van der Waals surface area contributed by atoms with E-state index in [2.05, 4.69) is 30.7 Å². The predicted molar refractivity (Wildman–Crippen MR) is 101 cm³/mol. The maximum absolute atomic E-state index is 13.0. The van der Waals surface area contributed by atoms with Gasteiger partial charge in [-0.15, -0.1) is 0 Å². The van der Waals surface area contributed by atoms with Crippen LogP contribution < -0.4 is 0 Å². The van der Waals surface area contributed by atoms with E-state index in [0.717, 1.165) is 42.8 Å². The van der Waals surface area contributed by atoms with Crippen LogP contribution in [0.3, 0.4) is 0 Å². The van der Waals surface area contributed by atoms with Crippen LogP contribution in [0.5, 0.6) is 0 Å². The molecule has 25 heavy (non-hydrogen) atoms. The average Bonchev–Trinajstić information content (AvgIpc) is 2.87. The third kappa shape index (κ3) is 5.55. The molecule has 0 aliphatic carbocycles. The second-order valence-corrected chi connectivity index (χ2v) is 8.10. The number of hydrogen-bond donors (Lipinski definition) is 0. The Morgan fingerprint density at radius 3 is 2.68 bits per heavy atom. The Bertz CT molecular complexity index is 617. The zero-order valence-electron chi connectivity index (χ0n) is 14.7. The monoisotopic (exact) mass is 392 g/mol. The van der Waals surface area contributed by atoms with Gasteiger partial charge in [-0.2, -0.15) is 13.2 Å². The Labute approximate surface area is 156 Å². The van der Waals surface area contributed by atoms with E-state index in [4.69, 9.17) is 11.6 Å². The molecular weight excluding hydrogens is 369 g/mol. The van der Waals surface area contributed by atoms with Crippen LogP contribution in [0.25, 0.3) is 0 Å². The molecule has 1 aliphatic rings. The first-order valence-electron chi connectivity index (χ1n) is 8.57. The summed E-state index contributed by atoms with van der Waals surface area (Å²) in [6.45, 7) is 7.30. The molecule has 2 nitrogen and oxygen atoms in total. The summed E-state index contributed by atoms with van der Waals surface area (Å²) in [6, 6.07) is 4.24. The molecule has 140 valence electrons. The molecule has 7 heteroatoms. The first-order chi connectivity index (χ1) is 11.7. The third-order valence-corrected chi connectivity index (χ3v) is 5.49. The highest BCUT2D eigenvalue weighted by molar-refractivity contribution is 8.14. The highest BCUT2D eigenvalue weighted by Gasteiger charge is 2.34. The molecule has 0 amide bonds. The predicted octanol–water partition coefficient (Wildman–Crippen LogP) is 6.61. The SMILES string of the molecule is CCCCC1CSC(=Nc2ccc(Cl)c(C(F)(F)F)c2)N1CC(C)C. The maximum Gasteiger partial charge on any atom is 0.417 e.